The molecule has 0 spiro atoms. The minimum atomic E-state index is -3.53. The van der Waals surface area contributed by atoms with E-state index in [9.17, 15) is 18.3 Å². The van der Waals surface area contributed by atoms with Crippen LogP contribution in [0.15, 0.2) is 29.2 Å². The van der Waals surface area contributed by atoms with Crippen molar-refractivity contribution in [1.29, 1.82) is 0 Å². The van der Waals surface area contributed by atoms with E-state index >= 15 is 0 Å². The number of hydrogen-bond acceptors (Lipinski definition) is 5. The number of aliphatic hydroxyl groups is 2. The number of likely N-dealkylation sites (tertiary alicyclic amines) is 1. The molecule has 0 radical (unpaired) electrons. The molecular formula is C17H25N3O5S. The number of hydrogen-bond donors (Lipinski definition) is 4. The highest BCUT2D eigenvalue weighted by Crippen LogP contribution is 2.28. The quantitative estimate of drug-likeness (QED) is 0.573. The molecule has 8 nitrogen and oxygen atoms in total. The van der Waals surface area contributed by atoms with Gasteiger partial charge in [-0.3, -0.25) is 0 Å². The first kappa shape index (κ1) is 19.1. The largest absolute Gasteiger partial charge is 0.396 e. The number of anilines is 1. The molecule has 1 heterocycles. The molecule has 1 saturated carbocycles. The van der Waals surface area contributed by atoms with Gasteiger partial charge in [0.15, 0.2) is 0 Å². The number of aliphatic hydroxyl groups excluding tert-OH is 2. The number of β-amino-alcohol motifs (C(OH)–C–C–N with tert-alkyl or cyclic N) is 1. The Morgan fingerprint density at radius 2 is 1.88 bits per heavy atom. The normalized spacial score (nSPS) is 23.7. The van der Waals surface area contributed by atoms with E-state index in [2.05, 4.69) is 10.0 Å². The van der Waals surface area contributed by atoms with Gasteiger partial charge in [0.25, 0.3) is 0 Å². The average Bonchev–Trinajstić information content (AvgIpc) is 3.45. The van der Waals surface area contributed by atoms with Gasteiger partial charge in [-0.25, -0.2) is 17.9 Å². The van der Waals surface area contributed by atoms with Crippen molar-refractivity contribution in [1.82, 2.24) is 9.62 Å². The second-order valence-corrected chi connectivity index (χ2v) is 8.76. The van der Waals surface area contributed by atoms with Gasteiger partial charge in [-0.05, 0) is 49.4 Å². The van der Waals surface area contributed by atoms with Crippen molar-refractivity contribution in [2.45, 2.75) is 30.3 Å². The third kappa shape index (κ3) is 4.73. The molecule has 1 aliphatic heterocycles. The van der Waals surface area contributed by atoms with Gasteiger partial charge in [0, 0.05) is 37.8 Å². The lowest BCUT2D eigenvalue weighted by molar-refractivity contribution is 0.0123. The predicted octanol–water partition coefficient (Wildman–Crippen LogP) is 0.582. The molecule has 2 amide bonds. The zero-order valence-electron chi connectivity index (χ0n) is 14.5. The molecule has 144 valence electrons. The molecule has 0 bridgehead atoms. The summed E-state index contributed by atoms with van der Waals surface area (Å²) in [5.41, 5.74) is 0.481. The van der Waals surface area contributed by atoms with E-state index in [-0.39, 0.29) is 30.0 Å². The second kappa shape index (κ2) is 7.91. The zero-order chi connectivity index (χ0) is 18.7. The van der Waals surface area contributed by atoms with Gasteiger partial charge in [0.1, 0.15) is 0 Å². The van der Waals surface area contributed by atoms with E-state index in [1.165, 1.54) is 17.0 Å². The maximum Gasteiger partial charge on any atom is 0.321 e. The third-order valence-corrected chi connectivity index (χ3v) is 6.36. The lowest BCUT2D eigenvalue weighted by Crippen LogP contribution is -2.49. The summed E-state index contributed by atoms with van der Waals surface area (Å²) in [4.78, 5) is 13.9. The maximum absolute atomic E-state index is 12.3. The molecule has 9 heteroatoms. The van der Waals surface area contributed by atoms with E-state index in [0.717, 1.165) is 12.8 Å². The number of piperidine rings is 1. The topological polar surface area (TPSA) is 119 Å². The Labute approximate surface area is 153 Å². The molecule has 3 rings (SSSR count). The minimum absolute atomic E-state index is 0.0959. The molecular weight excluding hydrogens is 358 g/mol. The van der Waals surface area contributed by atoms with Crippen LogP contribution < -0.4 is 10.0 Å². The van der Waals surface area contributed by atoms with Crippen molar-refractivity contribution in [3.05, 3.63) is 24.3 Å². The lowest BCUT2D eigenvalue weighted by atomic mass is 9.95. The van der Waals surface area contributed by atoms with Crippen LogP contribution in [0.2, 0.25) is 0 Å². The second-order valence-electron chi connectivity index (χ2n) is 6.99. The smallest absolute Gasteiger partial charge is 0.321 e. The molecule has 2 atom stereocenters. The van der Waals surface area contributed by atoms with Crippen molar-refractivity contribution in [3.8, 4) is 0 Å². The summed E-state index contributed by atoms with van der Waals surface area (Å²) < 4.78 is 27.0. The number of rotatable bonds is 6. The summed E-state index contributed by atoms with van der Waals surface area (Å²) in [7, 11) is -3.53. The molecule has 0 aromatic heterocycles. The molecule has 0 unspecified atom stereocenters. The van der Waals surface area contributed by atoms with E-state index in [1.807, 2.05) is 0 Å². The molecule has 1 aromatic carbocycles. The van der Waals surface area contributed by atoms with E-state index < -0.39 is 16.1 Å². The van der Waals surface area contributed by atoms with Crippen molar-refractivity contribution < 1.29 is 23.4 Å². The maximum atomic E-state index is 12.3. The molecule has 1 aliphatic carbocycles. The van der Waals surface area contributed by atoms with Gasteiger partial charge in [-0.15, -0.1) is 0 Å². The van der Waals surface area contributed by atoms with Crippen LogP contribution in [0.4, 0.5) is 10.5 Å². The molecule has 2 fully saturated rings. The summed E-state index contributed by atoms with van der Waals surface area (Å²) in [6.07, 6.45) is 1.93. The van der Waals surface area contributed by atoms with Gasteiger partial charge >= 0.3 is 6.03 Å². The number of sulfonamides is 1. The highest BCUT2D eigenvalue weighted by atomic mass is 32.2. The van der Waals surface area contributed by atoms with Gasteiger partial charge < -0.3 is 20.4 Å². The fourth-order valence-electron chi connectivity index (χ4n) is 2.93. The Hall–Kier alpha value is -1.68. The van der Waals surface area contributed by atoms with E-state index in [0.29, 0.717) is 31.1 Å². The number of amides is 2. The Kier molecular flexibility index (Phi) is 5.81. The van der Waals surface area contributed by atoms with Crippen molar-refractivity contribution in [2.24, 2.45) is 11.8 Å². The number of nitrogens with one attached hydrogen (secondary N) is 2. The van der Waals surface area contributed by atoms with Crippen LogP contribution >= 0.6 is 0 Å². The lowest BCUT2D eigenvalue weighted by Gasteiger charge is -2.35. The summed E-state index contributed by atoms with van der Waals surface area (Å²) in [6.45, 7) is 0.981. The number of carbonyl (C=O) groups is 1. The number of carbonyl (C=O) groups excluding carboxylic acids is 1. The fourth-order valence-corrected chi connectivity index (χ4v) is 4.05. The SMILES string of the molecule is O=C(Nc1ccc(S(=O)(=O)NCC2CC2)cc1)N1CC[C@H](CO)[C@H](O)C1. The summed E-state index contributed by atoms with van der Waals surface area (Å²) >= 11 is 0. The first-order valence-corrected chi connectivity index (χ1v) is 10.3. The van der Waals surface area contributed by atoms with E-state index in [4.69, 9.17) is 5.11 Å². The minimum Gasteiger partial charge on any atom is -0.396 e. The average molecular weight is 383 g/mol. The molecule has 26 heavy (non-hydrogen) atoms. The van der Waals surface area contributed by atoms with Crippen LogP contribution in [-0.4, -0.2) is 61.9 Å². The number of benzene rings is 1. The van der Waals surface area contributed by atoms with Crippen LogP contribution in [0.25, 0.3) is 0 Å². The number of urea groups is 1. The summed E-state index contributed by atoms with van der Waals surface area (Å²) in [5, 5.41) is 21.8. The number of nitrogens with zero attached hydrogens (tertiary/aromatic N) is 1. The van der Waals surface area contributed by atoms with Gasteiger partial charge in [0.05, 0.1) is 11.0 Å². The third-order valence-electron chi connectivity index (χ3n) is 4.92. The van der Waals surface area contributed by atoms with Crippen molar-refractivity contribution in [3.63, 3.8) is 0 Å². The van der Waals surface area contributed by atoms with Crippen LogP contribution in [0.1, 0.15) is 19.3 Å². The van der Waals surface area contributed by atoms with Crippen LogP contribution in [0, 0.1) is 11.8 Å². The van der Waals surface area contributed by atoms with Crippen molar-refractivity contribution in [2.75, 3.05) is 31.6 Å². The first-order chi connectivity index (χ1) is 12.4. The molecule has 1 saturated heterocycles. The Morgan fingerprint density at radius 3 is 2.46 bits per heavy atom. The molecule has 4 N–H and O–H groups in total. The Bertz CT molecular complexity index is 733. The Balaban J connectivity index is 1.56. The fraction of sp³-hybridized carbons (Fsp3) is 0.588. The highest BCUT2D eigenvalue weighted by Gasteiger charge is 2.29. The molecule has 2 aliphatic rings. The van der Waals surface area contributed by atoms with Crippen molar-refractivity contribution >= 4 is 21.7 Å². The zero-order valence-corrected chi connectivity index (χ0v) is 15.3. The summed E-state index contributed by atoms with van der Waals surface area (Å²) in [6, 6.07) is 5.64. The monoisotopic (exact) mass is 383 g/mol. The van der Waals surface area contributed by atoms with Crippen LogP contribution in [0.5, 0.6) is 0 Å². The van der Waals surface area contributed by atoms with Crippen LogP contribution in [-0.2, 0) is 10.0 Å². The first-order valence-electron chi connectivity index (χ1n) is 8.83. The highest BCUT2D eigenvalue weighted by molar-refractivity contribution is 7.89. The Morgan fingerprint density at radius 1 is 1.19 bits per heavy atom. The van der Waals surface area contributed by atoms with E-state index in [1.54, 1.807) is 12.1 Å². The molecule has 1 aromatic rings. The van der Waals surface area contributed by atoms with Gasteiger partial charge in [-0.2, -0.15) is 0 Å². The standard InChI is InChI=1S/C17H25N3O5S/c21-11-13-7-8-20(10-16(13)22)17(23)19-14-3-5-15(6-4-14)26(24,25)18-9-12-1-2-12/h3-6,12-13,16,18,21-22H,1-2,7-11H2,(H,19,23)/t13-,16-/m1/s1. The summed E-state index contributed by atoms with van der Waals surface area (Å²) in [5.74, 6) is 0.250. The predicted molar refractivity (Wildman–Crippen MR) is 96.1 cm³/mol. The van der Waals surface area contributed by atoms with Gasteiger partial charge in [-0.1, -0.05) is 0 Å². The van der Waals surface area contributed by atoms with Crippen LogP contribution in [0.3, 0.4) is 0 Å². The van der Waals surface area contributed by atoms with Gasteiger partial charge in [0.2, 0.25) is 10.0 Å².